The highest BCUT2D eigenvalue weighted by atomic mass is 32.1. The predicted molar refractivity (Wildman–Crippen MR) is 115 cm³/mol. The van der Waals surface area contributed by atoms with Gasteiger partial charge in [-0.15, -0.1) is 11.3 Å². The highest BCUT2D eigenvalue weighted by Gasteiger charge is 2.26. The van der Waals surface area contributed by atoms with Gasteiger partial charge in [0.2, 0.25) is 5.56 Å². The van der Waals surface area contributed by atoms with E-state index in [4.69, 9.17) is 4.74 Å². The average Bonchev–Trinajstić information content (AvgIpc) is 3.44. The van der Waals surface area contributed by atoms with Crippen molar-refractivity contribution in [2.45, 2.75) is 51.4 Å². The second kappa shape index (κ2) is 8.91. The number of aromatic nitrogens is 2. The molecule has 0 radical (unpaired) electrons. The maximum atomic E-state index is 14.7. The van der Waals surface area contributed by atoms with Crippen LogP contribution in [0, 0.1) is 5.82 Å². The summed E-state index contributed by atoms with van der Waals surface area (Å²) in [6, 6.07) is 8.10. The second-order valence-electron chi connectivity index (χ2n) is 7.54. The van der Waals surface area contributed by atoms with Crippen molar-refractivity contribution in [3.05, 3.63) is 57.6 Å². The third-order valence-corrected chi connectivity index (χ3v) is 6.30. The summed E-state index contributed by atoms with van der Waals surface area (Å²) >= 11 is 1.61. The van der Waals surface area contributed by atoms with Crippen LogP contribution in [0.3, 0.4) is 0 Å². The zero-order valence-corrected chi connectivity index (χ0v) is 17.4. The van der Waals surface area contributed by atoms with Gasteiger partial charge >= 0.3 is 0 Å². The molecule has 1 fully saturated rings. The van der Waals surface area contributed by atoms with Crippen molar-refractivity contribution in [2.24, 2.45) is 0 Å². The molecule has 1 aliphatic rings. The first-order valence-electron chi connectivity index (χ1n) is 10.3. The molecule has 29 heavy (non-hydrogen) atoms. The fourth-order valence-corrected chi connectivity index (χ4v) is 4.38. The molecule has 2 aromatic heterocycles. The van der Waals surface area contributed by atoms with E-state index in [1.165, 1.54) is 42.7 Å². The molecule has 0 bridgehead atoms. The van der Waals surface area contributed by atoms with Crippen LogP contribution in [0.2, 0.25) is 0 Å². The number of rotatable bonds is 9. The Morgan fingerprint density at radius 2 is 2.07 bits per heavy atom. The molecule has 6 heteroatoms. The van der Waals surface area contributed by atoms with Gasteiger partial charge in [-0.05, 0) is 43.4 Å². The van der Waals surface area contributed by atoms with Gasteiger partial charge in [-0.1, -0.05) is 26.2 Å². The molecule has 3 aromatic rings. The van der Waals surface area contributed by atoms with Gasteiger partial charge in [0.05, 0.1) is 12.3 Å². The Kier molecular flexibility index (Phi) is 6.09. The first-order valence-corrected chi connectivity index (χ1v) is 11.1. The fourth-order valence-electron chi connectivity index (χ4n) is 3.31. The lowest BCUT2D eigenvalue weighted by atomic mass is 10.1. The van der Waals surface area contributed by atoms with Gasteiger partial charge in [0, 0.05) is 34.3 Å². The molecule has 4 nitrogen and oxygen atoms in total. The number of nitrogens with one attached hydrogen (secondary N) is 1. The van der Waals surface area contributed by atoms with Crippen molar-refractivity contribution in [2.75, 3.05) is 6.61 Å². The van der Waals surface area contributed by atoms with Gasteiger partial charge in [-0.3, -0.25) is 4.79 Å². The molecular formula is C23H25FN2O2S. The van der Waals surface area contributed by atoms with Crippen molar-refractivity contribution in [3.8, 4) is 27.6 Å². The normalized spacial score (nSPS) is 13.6. The van der Waals surface area contributed by atoms with Crippen LogP contribution in [0.1, 0.15) is 56.2 Å². The van der Waals surface area contributed by atoms with E-state index in [0.29, 0.717) is 29.5 Å². The minimum absolute atomic E-state index is 0.267. The van der Waals surface area contributed by atoms with E-state index in [9.17, 15) is 9.18 Å². The number of unbranched alkanes of at least 4 members (excludes halogenated alkanes) is 3. The van der Waals surface area contributed by atoms with Crippen LogP contribution in [0.5, 0.6) is 5.75 Å². The molecule has 2 heterocycles. The first-order chi connectivity index (χ1) is 14.1. The third-order valence-electron chi connectivity index (χ3n) is 5.09. The summed E-state index contributed by atoms with van der Waals surface area (Å²) in [5, 5.41) is 0.798. The first kappa shape index (κ1) is 19.8. The number of nitrogens with zero attached hydrogens (tertiary/aromatic N) is 1. The van der Waals surface area contributed by atoms with Crippen molar-refractivity contribution < 1.29 is 9.13 Å². The Bertz CT molecular complexity index is 1040. The second-order valence-corrected chi connectivity index (χ2v) is 8.60. The number of ether oxygens (including phenoxy) is 1. The average molecular weight is 413 g/mol. The standard InChI is InChI=1S/C23H25FN2O2S/c1-2-3-4-5-10-28-17-8-9-18(19(24)13-17)20-11-16(12-22(27)26-20)23-25-14-21(29-23)15-6-7-15/h8-9,11-15H,2-7,10H2,1H3,(H,26,27). The molecule has 1 aliphatic carbocycles. The van der Waals surface area contributed by atoms with E-state index in [1.54, 1.807) is 29.5 Å². The van der Waals surface area contributed by atoms with Crippen molar-refractivity contribution in [3.63, 3.8) is 0 Å². The Hall–Kier alpha value is -2.47. The smallest absolute Gasteiger partial charge is 0.249 e. The summed E-state index contributed by atoms with van der Waals surface area (Å²) in [5.41, 5.74) is 1.25. The molecule has 0 saturated heterocycles. The molecule has 0 unspecified atom stereocenters. The van der Waals surface area contributed by atoms with Gasteiger partial charge in [0.1, 0.15) is 16.6 Å². The lowest BCUT2D eigenvalue weighted by Crippen LogP contribution is -2.06. The van der Waals surface area contributed by atoms with Crippen LogP contribution in [0.15, 0.2) is 41.3 Å². The lowest BCUT2D eigenvalue weighted by Gasteiger charge is -2.09. The van der Waals surface area contributed by atoms with Gasteiger partial charge in [-0.2, -0.15) is 0 Å². The van der Waals surface area contributed by atoms with E-state index in [-0.39, 0.29) is 5.56 Å². The predicted octanol–water partition coefficient (Wildman–Crippen LogP) is 6.14. The summed E-state index contributed by atoms with van der Waals surface area (Å²) in [7, 11) is 0. The summed E-state index contributed by atoms with van der Waals surface area (Å²) in [6.07, 6.45) is 8.74. The van der Waals surface area contributed by atoms with E-state index in [2.05, 4.69) is 16.9 Å². The highest BCUT2D eigenvalue weighted by Crippen LogP contribution is 2.44. The Morgan fingerprint density at radius 1 is 1.21 bits per heavy atom. The fraction of sp³-hybridized carbons (Fsp3) is 0.391. The summed E-state index contributed by atoms with van der Waals surface area (Å²) in [5.74, 6) is 0.714. The van der Waals surface area contributed by atoms with Crippen molar-refractivity contribution >= 4 is 11.3 Å². The minimum atomic E-state index is -0.415. The summed E-state index contributed by atoms with van der Waals surface area (Å²) < 4.78 is 20.4. The van der Waals surface area contributed by atoms with Crippen molar-refractivity contribution in [1.29, 1.82) is 0 Å². The monoisotopic (exact) mass is 412 g/mol. The van der Waals surface area contributed by atoms with Crippen LogP contribution in [0.25, 0.3) is 21.8 Å². The van der Waals surface area contributed by atoms with Gasteiger partial charge in [-0.25, -0.2) is 9.37 Å². The Labute approximate surface area is 173 Å². The Morgan fingerprint density at radius 3 is 2.83 bits per heavy atom. The molecule has 1 aromatic carbocycles. The molecule has 1 N–H and O–H groups in total. The van der Waals surface area contributed by atoms with Crippen LogP contribution < -0.4 is 10.3 Å². The maximum Gasteiger partial charge on any atom is 0.249 e. The molecule has 1 saturated carbocycles. The van der Waals surface area contributed by atoms with Crippen molar-refractivity contribution in [1.82, 2.24) is 9.97 Å². The maximum absolute atomic E-state index is 14.7. The zero-order chi connectivity index (χ0) is 20.2. The number of halogens is 1. The van der Waals surface area contributed by atoms with Crippen LogP contribution in [-0.2, 0) is 0 Å². The molecule has 152 valence electrons. The number of pyridine rings is 1. The topological polar surface area (TPSA) is 55.0 Å². The van der Waals surface area contributed by atoms with Gasteiger partial charge in [0.25, 0.3) is 0 Å². The SMILES string of the molecule is CCCCCCOc1ccc(-c2cc(-c3ncc(C4CC4)s3)cc(=O)[nH]2)c(F)c1. The summed E-state index contributed by atoms with van der Waals surface area (Å²) in [6.45, 7) is 2.74. The number of H-pyrrole nitrogens is 1. The minimum Gasteiger partial charge on any atom is -0.493 e. The molecule has 0 spiro atoms. The number of hydrogen-bond donors (Lipinski definition) is 1. The number of benzene rings is 1. The Balaban J connectivity index is 1.53. The summed E-state index contributed by atoms with van der Waals surface area (Å²) in [4.78, 5) is 20.7. The van der Waals surface area contributed by atoms with Gasteiger partial charge in [0.15, 0.2) is 0 Å². The van der Waals surface area contributed by atoms with E-state index < -0.39 is 5.82 Å². The third kappa shape index (κ3) is 4.93. The quantitative estimate of drug-likeness (QED) is 0.429. The number of aromatic amines is 1. The lowest BCUT2D eigenvalue weighted by molar-refractivity contribution is 0.303. The zero-order valence-electron chi connectivity index (χ0n) is 16.5. The number of thiazole rings is 1. The molecule has 4 rings (SSSR count). The van der Waals surface area contributed by atoms with Gasteiger partial charge < -0.3 is 9.72 Å². The largest absolute Gasteiger partial charge is 0.493 e. The molecule has 0 atom stereocenters. The van der Waals surface area contributed by atoms with E-state index >= 15 is 0 Å². The molecular weight excluding hydrogens is 387 g/mol. The highest BCUT2D eigenvalue weighted by molar-refractivity contribution is 7.15. The van der Waals surface area contributed by atoms with E-state index in [1.807, 2.05) is 6.20 Å². The number of hydrogen-bond acceptors (Lipinski definition) is 4. The van der Waals surface area contributed by atoms with Crippen LogP contribution in [0.4, 0.5) is 4.39 Å². The molecule has 0 aliphatic heterocycles. The molecule has 0 amide bonds. The van der Waals surface area contributed by atoms with Crippen LogP contribution >= 0.6 is 11.3 Å². The van der Waals surface area contributed by atoms with Crippen LogP contribution in [-0.4, -0.2) is 16.6 Å². The van der Waals surface area contributed by atoms with E-state index in [0.717, 1.165) is 23.4 Å².